The molecule has 0 radical (unpaired) electrons. The summed E-state index contributed by atoms with van der Waals surface area (Å²) in [6.07, 6.45) is 4.10. The normalized spacial score (nSPS) is 17.4. The molecule has 1 saturated carbocycles. The van der Waals surface area contributed by atoms with Crippen LogP contribution in [0.1, 0.15) is 44.2 Å². The van der Waals surface area contributed by atoms with Gasteiger partial charge in [0.15, 0.2) is 5.96 Å². The summed E-state index contributed by atoms with van der Waals surface area (Å²) in [4.78, 5) is 18.9. The first-order valence-electron chi connectivity index (χ1n) is 10.1. The molecule has 1 unspecified atom stereocenters. The number of guanidine groups is 1. The Morgan fingerprint density at radius 1 is 1.14 bits per heavy atom. The third-order valence-electron chi connectivity index (χ3n) is 5.88. The summed E-state index contributed by atoms with van der Waals surface area (Å²) in [6, 6.07) is 14.9. The number of nitrogens with zero attached hydrogens (tertiary/aromatic N) is 2. The lowest BCUT2D eigenvalue weighted by atomic mass is 9.84. The van der Waals surface area contributed by atoms with E-state index in [1.165, 1.54) is 16.3 Å². The smallest absolute Gasteiger partial charge is 0.230 e. The second-order valence-electron chi connectivity index (χ2n) is 8.05. The summed E-state index contributed by atoms with van der Waals surface area (Å²) in [5.74, 6) is 0.952. The topological polar surface area (TPSA) is 56.7 Å². The molecule has 0 heterocycles. The maximum atomic E-state index is 12.8. The van der Waals surface area contributed by atoms with Gasteiger partial charge in [-0.05, 0) is 36.1 Å². The average Bonchev–Trinajstić information content (AvgIpc) is 3.19. The molecule has 0 aliphatic heterocycles. The quantitative estimate of drug-likeness (QED) is 0.614. The Balaban J connectivity index is 1.71. The zero-order valence-corrected chi connectivity index (χ0v) is 17.5. The van der Waals surface area contributed by atoms with Gasteiger partial charge in [-0.1, -0.05) is 55.3 Å². The fraction of sp³-hybridized carbons (Fsp3) is 0.478. The van der Waals surface area contributed by atoms with Gasteiger partial charge >= 0.3 is 0 Å². The van der Waals surface area contributed by atoms with E-state index in [-0.39, 0.29) is 17.4 Å². The van der Waals surface area contributed by atoms with Crippen LogP contribution in [-0.2, 0) is 4.79 Å². The zero-order chi connectivity index (χ0) is 20.1. The summed E-state index contributed by atoms with van der Waals surface area (Å²) in [7, 11) is 5.47. The molecule has 3 rings (SSSR count). The van der Waals surface area contributed by atoms with E-state index in [2.05, 4.69) is 65.0 Å². The largest absolute Gasteiger partial charge is 0.355 e. The van der Waals surface area contributed by atoms with Crippen LogP contribution >= 0.6 is 0 Å². The summed E-state index contributed by atoms with van der Waals surface area (Å²) >= 11 is 0. The fourth-order valence-electron chi connectivity index (χ4n) is 4.35. The number of nitrogens with one attached hydrogen (secondary N) is 2. The summed E-state index contributed by atoms with van der Waals surface area (Å²) in [5, 5.41) is 9.41. The number of fused-ring (bicyclic) bond motifs is 1. The van der Waals surface area contributed by atoms with E-state index >= 15 is 0 Å². The molecule has 0 bridgehead atoms. The first-order valence-corrected chi connectivity index (χ1v) is 10.1. The molecule has 0 aromatic heterocycles. The van der Waals surface area contributed by atoms with Gasteiger partial charge in [-0.25, -0.2) is 0 Å². The van der Waals surface area contributed by atoms with E-state index in [9.17, 15) is 4.79 Å². The van der Waals surface area contributed by atoms with Gasteiger partial charge in [-0.15, -0.1) is 0 Å². The van der Waals surface area contributed by atoms with Crippen LogP contribution in [0.15, 0.2) is 47.5 Å². The minimum absolute atomic E-state index is 0.0985. The average molecular weight is 381 g/mol. The molecule has 2 aromatic carbocycles. The first kappa shape index (κ1) is 20.2. The summed E-state index contributed by atoms with van der Waals surface area (Å²) < 4.78 is 0. The molecule has 1 atom stereocenters. The van der Waals surface area contributed by atoms with Gasteiger partial charge in [0.25, 0.3) is 0 Å². The monoisotopic (exact) mass is 380 g/mol. The van der Waals surface area contributed by atoms with E-state index in [0.717, 1.165) is 31.6 Å². The van der Waals surface area contributed by atoms with Gasteiger partial charge in [0.2, 0.25) is 5.91 Å². The molecule has 1 fully saturated rings. The number of hydrogen-bond donors (Lipinski definition) is 2. The first-order chi connectivity index (χ1) is 13.5. The second-order valence-corrected chi connectivity index (χ2v) is 8.05. The summed E-state index contributed by atoms with van der Waals surface area (Å²) in [5.41, 5.74) is 0.921. The maximum absolute atomic E-state index is 12.8. The number of carbonyl (C=O) groups is 1. The van der Waals surface area contributed by atoms with Gasteiger partial charge in [0, 0.05) is 27.7 Å². The lowest BCUT2D eigenvalue weighted by molar-refractivity contribution is -0.138. The van der Waals surface area contributed by atoms with Crippen LogP contribution in [0.2, 0.25) is 0 Å². The van der Waals surface area contributed by atoms with Crippen molar-refractivity contribution in [3.05, 3.63) is 48.0 Å². The molecule has 5 heteroatoms. The maximum Gasteiger partial charge on any atom is 0.230 e. The molecule has 0 spiro atoms. The van der Waals surface area contributed by atoms with Crippen molar-refractivity contribution in [2.24, 2.45) is 10.4 Å². The van der Waals surface area contributed by atoms with E-state index in [4.69, 9.17) is 0 Å². The van der Waals surface area contributed by atoms with Gasteiger partial charge < -0.3 is 15.5 Å². The van der Waals surface area contributed by atoms with Crippen molar-refractivity contribution in [2.45, 2.75) is 38.6 Å². The molecule has 5 nitrogen and oxygen atoms in total. The second kappa shape index (κ2) is 8.63. The molecular formula is C23H32N4O. The zero-order valence-electron chi connectivity index (χ0n) is 17.5. The van der Waals surface area contributed by atoms with Crippen molar-refractivity contribution in [1.82, 2.24) is 15.5 Å². The van der Waals surface area contributed by atoms with Crippen molar-refractivity contribution >= 4 is 22.6 Å². The highest BCUT2D eigenvalue weighted by atomic mass is 16.2. The lowest BCUT2D eigenvalue weighted by Crippen LogP contribution is -2.49. The Bertz CT molecular complexity index is 847. The van der Waals surface area contributed by atoms with Crippen LogP contribution in [0.4, 0.5) is 0 Å². The van der Waals surface area contributed by atoms with Crippen molar-refractivity contribution in [3.63, 3.8) is 0 Å². The van der Waals surface area contributed by atoms with Crippen LogP contribution in [0.25, 0.3) is 10.8 Å². The fourth-order valence-corrected chi connectivity index (χ4v) is 4.35. The highest BCUT2D eigenvalue weighted by molar-refractivity contribution is 5.88. The third-order valence-corrected chi connectivity index (χ3v) is 5.88. The van der Waals surface area contributed by atoms with Crippen molar-refractivity contribution in [1.29, 1.82) is 0 Å². The highest BCUT2D eigenvalue weighted by Crippen LogP contribution is 2.39. The minimum atomic E-state index is -0.316. The van der Waals surface area contributed by atoms with Crippen molar-refractivity contribution in [3.8, 4) is 0 Å². The number of aliphatic imine (C=N–C) groups is 1. The van der Waals surface area contributed by atoms with Gasteiger partial charge in [0.05, 0.1) is 11.5 Å². The lowest BCUT2D eigenvalue weighted by Gasteiger charge is -2.32. The highest BCUT2D eigenvalue weighted by Gasteiger charge is 2.42. The Kier molecular flexibility index (Phi) is 6.22. The predicted molar refractivity (Wildman–Crippen MR) is 116 cm³/mol. The Labute approximate surface area is 168 Å². The predicted octanol–water partition coefficient (Wildman–Crippen LogP) is 3.71. The molecule has 1 aliphatic rings. The van der Waals surface area contributed by atoms with E-state index in [0.29, 0.717) is 6.54 Å². The Morgan fingerprint density at radius 3 is 2.50 bits per heavy atom. The molecule has 2 N–H and O–H groups in total. The van der Waals surface area contributed by atoms with Crippen molar-refractivity contribution in [2.75, 3.05) is 27.7 Å². The summed E-state index contributed by atoms with van der Waals surface area (Å²) in [6.45, 7) is 2.76. The molecular weight excluding hydrogens is 348 g/mol. The molecule has 28 heavy (non-hydrogen) atoms. The minimum Gasteiger partial charge on any atom is -0.355 e. The van der Waals surface area contributed by atoms with Crippen LogP contribution in [0.3, 0.4) is 0 Å². The van der Waals surface area contributed by atoms with E-state index in [1.54, 1.807) is 11.9 Å². The van der Waals surface area contributed by atoms with E-state index in [1.807, 2.05) is 14.1 Å². The molecule has 0 saturated heterocycles. The van der Waals surface area contributed by atoms with Crippen LogP contribution in [0.5, 0.6) is 0 Å². The number of hydrogen-bond acceptors (Lipinski definition) is 2. The SMILES string of the molecule is CN=C(NCC1(C(=O)N(C)C)CCCC1)NC(C)c1cccc2ccccc12. The van der Waals surface area contributed by atoms with Gasteiger partial charge in [-0.3, -0.25) is 9.79 Å². The van der Waals surface area contributed by atoms with Gasteiger partial charge in [0.1, 0.15) is 0 Å². The van der Waals surface area contributed by atoms with Crippen LogP contribution in [-0.4, -0.2) is 44.5 Å². The molecule has 1 aliphatic carbocycles. The Hall–Kier alpha value is -2.56. The van der Waals surface area contributed by atoms with Crippen LogP contribution in [0, 0.1) is 5.41 Å². The molecule has 150 valence electrons. The third kappa shape index (κ3) is 4.13. The molecule has 2 aromatic rings. The van der Waals surface area contributed by atoms with Crippen LogP contribution < -0.4 is 10.6 Å². The Morgan fingerprint density at radius 2 is 1.82 bits per heavy atom. The van der Waals surface area contributed by atoms with Crippen molar-refractivity contribution < 1.29 is 4.79 Å². The molecule has 1 amide bonds. The standard InChI is InChI=1S/C23H32N4O/c1-17(19-13-9-11-18-10-5-6-12-20(18)19)26-22(24-2)25-16-23(14-7-8-15-23)21(28)27(3)4/h5-6,9-13,17H,7-8,14-16H2,1-4H3,(H2,24,25,26). The van der Waals surface area contributed by atoms with Gasteiger partial charge in [-0.2, -0.15) is 0 Å². The number of rotatable bonds is 5. The number of amides is 1. The van der Waals surface area contributed by atoms with E-state index < -0.39 is 0 Å². The number of carbonyl (C=O) groups excluding carboxylic acids is 1. The number of benzene rings is 2.